The zero-order chi connectivity index (χ0) is 18.4. The Morgan fingerprint density at radius 2 is 1.96 bits per heavy atom. The first-order valence-corrected chi connectivity index (χ1v) is 9.47. The molecule has 0 aliphatic carbocycles. The second kappa shape index (κ2) is 8.70. The van der Waals surface area contributed by atoms with Crippen molar-refractivity contribution in [2.45, 2.75) is 59.4 Å². The first kappa shape index (κ1) is 19.8. The van der Waals surface area contributed by atoms with Crippen molar-refractivity contribution in [3.05, 3.63) is 29.3 Å². The van der Waals surface area contributed by atoms with Gasteiger partial charge in [0.1, 0.15) is 5.75 Å². The van der Waals surface area contributed by atoms with Gasteiger partial charge in [-0.05, 0) is 76.9 Å². The van der Waals surface area contributed by atoms with E-state index in [1.54, 1.807) is 0 Å². The molecule has 1 aliphatic rings. The molecule has 1 aromatic rings. The van der Waals surface area contributed by atoms with E-state index in [4.69, 9.17) is 4.74 Å². The lowest BCUT2D eigenvalue weighted by Crippen LogP contribution is -2.47. The molecule has 1 aliphatic heterocycles. The van der Waals surface area contributed by atoms with Gasteiger partial charge in [0.15, 0.2) is 0 Å². The smallest absolute Gasteiger partial charge is 0.225 e. The normalized spacial score (nSPS) is 16.7. The molecule has 0 bridgehead atoms. The molecule has 1 saturated heterocycles. The van der Waals surface area contributed by atoms with Gasteiger partial charge in [0.2, 0.25) is 5.91 Å². The molecule has 1 fully saturated rings. The van der Waals surface area contributed by atoms with Crippen LogP contribution in [0.4, 0.5) is 0 Å². The molecular weight excluding hydrogens is 312 g/mol. The molecule has 1 amide bonds. The molecular formula is C21H34N2O2. The van der Waals surface area contributed by atoms with Crippen molar-refractivity contribution in [3.63, 3.8) is 0 Å². The lowest BCUT2D eigenvalue weighted by molar-refractivity contribution is -0.130. The maximum atomic E-state index is 12.6. The molecule has 4 heteroatoms. The second-order valence-electron chi connectivity index (χ2n) is 8.16. The number of piperidine rings is 1. The van der Waals surface area contributed by atoms with Crippen LogP contribution in [0.5, 0.6) is 5.75 Å². The van der Waals surface area contributed by atoms with Crippen LogP contribution < -0.4 is 10.1 Å². The van der Waals surface area contributed by atoms with Gasteiger partial charge in [-0.2, -0.15) is 0 Å². The Hall–Kier alpha value is -1.55. The summed E-state index contributed by atoms with van der Waals surface area (Å²) < 4.78 is 5.92. The van der Waals surface area contributed by atoms with E-state index in [0.717, 1.165) is 50.1 Å². The number of ether oxygens (including phenoxy) is 1. The number of aryl methyl sites for hydroxylation is 2. The summed E-state index contributed by atoms with van der Waals surface area (Å²) in [5.74, 6) is 1.13. The highest BCUT2D eigenvalue weighted by molar-refractivity contribution is 5.82. The predicted molar refractivity (Wildman–Crippen MR) is 103 cm³/mol. The van der Waals surface area contributed by atoms with Gasteiger partial charge in [-0.3, -0.25) is 4.79 Å². The highest BCUT2D eigenvalue weighted by atomic mass is 16.5. The summed E-state index contributed by atoms with van der Waals surface area (Å²) in [6, 6.07) is 6.59. The second-order valence-corrected chi connectivity index (χ2v) is 8.16. The molecule has 0 atom stereocenters. The Morgan fingerprint density at radius 3 is 2.64 bits per heavy atom. The number of carbonyl (C=O) groups is 1. The zero-order valence-corrected chi connectivity index (χ0v) is 16.5. The van der Waals surface area contributed by atoms with Crippen molar-refractivity contribution in [1.82, 2.24) is 10.2 Å². The van der Waals surface area contributed by atoms with Gasteiger partial charge in [-0.15, -0.1) is 0 Å². The first-order chi connectivity index (χ1) is 11.8. The van der Waals surface area contributed by atoms with Crippen LogP contribution in [-0.2, 0) is 4.79 Å². The van der Waals surface area contributed by atoms with Crippen LogP contribution in [0.3, 0.4) is 0 Å². The lowest BCUT2D eigenvalue weighted by atomic mass is 9.86. The molecule has 0 aromatic heterocycles. The first-order valence-electron chi connectivity index (χ1n) is 9.47. The molecule has 4 nitrogen and oxygen atoms in total. The third-order valence-electron chi connectivity index (χ3n) is 5.22. The Kier molecular flexibility index (Phi) is 6.88. The molecule has 1 heterocycles. The molecule has 1 N–H and O–H groups in total. The number of likely N-dealkylation sites (tertiary alicyclic amines) is 1. The fourth-order valence-corrected chi connectivity index (χ4v) is 3.21. The number of rotatable bonds is 7. The number of hydrogen-bond donors (Lipinski definition) is 1. The Labute approximate surface area is 152 Å². The summed E-state index contributed by atoms with van der Waals surface area (Å²) in [5.41, 5.74) is 2.01. The SMILES string of the molecule is Cc1ccc(C)c(OCCCC(C)(C)C(=O)NC2CCN(C)CC2)c1. The average Bonchev–Trinajstić information content (AvgIpc) is 2.56. The third kappa shape index (κ3) is 6.03. The Bertz CT molecular complexity index is 575. The highest BCUT2D eigenvalue weighted by Crippen LogP contribution is 2.25. The van der Waals surface area contributed by atoms with E-state index in [9.17, 15) is 4.79 Å². The van der Waals surface area contributed by atoms with Crippen LogP contribution in [-0.4, -0.2) is 43.6 Å². The number of carbonyl (C=O) groups excluding carboxylic acids is 1. The van der Waals surface area contributed by atoms with Crippen LogP contribution >= 0.6 is 0 Å². The molecule has 140 valence electrons. The predicted octanol–water partition coefficient (Wildman–Crippen LogP) is 3.70. The highest BCUT2D eigenvalue weighted by Gasteiger charge is 2.29. The monoisotopic (exact) mass is 346 g/mol. The third-order valence-corrected chi connectivity index (χ3v) is 5.22. The van der Waals surface area contributed by atoms with E-state index in [1.807, 2.05) is 13.8 Å². The van der Waals surface area contributed by atoms with Crippen molar-refractivity contribution in [3.8, 4) is 5.75 Å². The van der Waals surface area contributed by atoms with E-state index in [2.05, 4.69) is 49.3 Å². The van der Waals surface area contributed by atoms with Crippen molar-refractivity contribution in [2.24, 2.45) is 5.41 Å². The van der Waals surface area contributed by atoms with Gasteiger partial charge >= 0.3 is 0 Å². The van der Waals surface area contributed by atoms with Gasteiger partial charge in [0.25, 0.3) is 0 Å². The maximum absolute atomic E-state index is 12.6. The van der Waals surface area contributed by atoms with Gasteiger partial charge in [0.05, 0.1) is 6.61 Å². The summed E-state index contributed by atoms with van der Waals surface area (Å²) in [4.78, 5) is 14.9. The molecule has 2 rings (SSSR count). The standard InChI is InChI=1S/C21H34N2O2/c1-16-7-8-17(2)19(15-16)25-14-6-11-21(3,4)20(24)22-18-9-12-23(5)13-10-18/h7-8,15,18H,6,9-14H2,1-5H3,(H,22,24). The number of benzene rings is 1. The topological polar surface area (TPSA) is 41.6 Å². The van der Waals surface area contributed by atoms with E-state index in [-0.39, 0.29) is 11.3 Å². The summed E-state index contributed by atoms with van der Waals surface area (Å²) in [7, 11) is 2.14. The molecule has 0 radical (unpaired) electrons. The van der Waals surface area contributed by atoms with Gasteiger partial charge in [0, 0.05) is 11.5 Å². The van der Waals surface area contributed by atoms with Crippen molar-refractivity contribution < 1.29 is 9.53 Å². The van der Waals surface area contributed by atoms with Crippen LogP contribution in [0.15, 0.2) is 18.2 Å². The van der Waals surface area contributed by atoms with Crippen molar-refractivity contribution in [2.75, 3.05) is 26.7 Å². The van der Waals surface area contributed by atoms with Gasteiger partial charge < -0.3 is 15.0 Å². The van der Waals surface area contributed by atoms with E-state index in [1.165, 1.54) is 5.56 Å². The molecule has 0 spiro atoms. The lowest BCUT2D eigenvalue weighted by Gasteiger charge is -2.32. The van der Waals surface area contributed by atoms with Gasteiger partial charge in [-0.1, -0.05) is 26.0 Å². The minimum atomic E-state index is -0.353. The quantitative estimate of drug-likeness (QED) is 0.766. The number of amides is 1. The Balaban J connectivity index is 1.74. The fourth-order valence-electron chi connectivity index (χ4n) is 3.21. The summed E-state index contributed by atoms with van der Waals surface area (Å²) in [6.45, 7) is 11.0. The van der Waals surface area contributed by atoms with E-state index < -0.39 is 0 Å². The summed E-state index contributed by atoms with van der Waals surface area (Å²) in [6.07, 6.45) is 3.81. The van der Waals surface area contributed by atoms with E-state index in [0.29, 0.717) is 12.6 Å². The van der Waals surface area contributed by atoms with Crippen LogP contribution in [0.2, 0.25) is 0 Å². The van der Waals surface area contributed by atoms with Crippen molar-refractivity contribution >= 4 is 5.91 Å². The van der Waals surface area contributed by atoms with E-state index >= 15 is 0 Å². The zero-order valence-electron chi connectivity index (χ0n) is 16.5. The molecule has 0 saturated carbocycles. The Morgan fingerprint density at radius 1 is 1.28 bits per heavy atom. The van der Waals surface area contributed by atoms with Crippen molar-refractivity contribution in [1.29, 1.82) is 0 Å². The van der Waals surface area contributed by atoms with Crippen LogP contribution in [0.25, 0.3) is 0 Å². The summed E-state index contributed by atoms with van der Waals surface area (Å²) >= 11 is 0. The average molecular weight is 347 g/mol. The minimum absolute atomic E-state index is 0.175. The summed E-state index contributed by atoms with van der Waals surface area (Å²) in [5, 5.41) is 3.25. The van der Waals surface area contributed by atoms with Crippen LogP contribution in [0, 0.1) is 19.3 Å². The fraction of sp³-hybridized carbons (Fsp3) is 0.667. The number of nitrogens with one attached hydrogen (secondary N) is 1. The minimum Gasteiger partial charge on any atom is -0.493 e. The molecule has 1 aromatic carbocycles. The maximum Gasteiger partial charge on any atom is 0.225 e. The number of nitrogens with zero attached hydrogens (tertiary/aromatic N) is 1. The molecule has 0 unspecified atom stereocenters. The molecule has 25 heavy (non-hydrogen) atoms. The van der Waals surface area contributed by atoms with Crippen LogP contribution in [0.1, 0.15) is 50.7 Å². The largest absolute Gasteiger partial charge is 0.493 e. The van der Waals surface area contributed by atoms with Gasteiger partial charge in [-0.25, -0.2) is 0 Å². The number of hydrogen-bond acceptors (Lipinski definition) is 3.